The summed E-state index contributed by atoms with van der Waals surface area (Å²) in [5.74, 6) is -2.09. The first-order chi connectivity index (χ1) is 9.72. The molecule has 1 aromatic heterocycles. The number of rotatable bonds is 7. The van der Waals surface area contributed by atoms with Crippen molar-refractivity contribution in [2.45, 2.75) is 31.7 Å². The third kappa shape index (κ3) is 5.42. The molecule has 0 saturated carbocycles. The first kappa shape index (κ1) is 17.0. The number of nitrogens with one attached hydrogen (secondary N) is 2. The Morgan fingerprint density at radius 2 is 2.10 bits per heavy atom. The van der Waals surface area contributed by atoms with Crippen LogP contribution in [-0.2, 0) is 15.0 Å². The van der Waals surface area contributed by atoms with Crippen molar-refractivity contribution in [3.8, 4) is 0 Å². The third-order valence-corrected chi connectivity index (χ3v) is 4.12. The second-order valence-electron chi connectivity index (χ2n) is 5.25. The summed E-state index contributed by atoms with van der Waals surface area (Å²) in [6, 6.07) is 1.92. The lowest BCUT2D eigenvalue weighted by atomic mass is 9.91. The van der Waals surface area contributed by atoms with Crippen LogP contribution in [0.15, 0.2) is 17.5 Å². The van der Waals surface area contributed by atoms with Crippen LogP contribution in [0.5, 0.6) is 0 Å². The van der Waals surface area contributed by atoms with E-state index in [1.807, 2.05) is 31.4 Å². The van der Waals surface area contributed by atoms with Crippen molar-refractivity contribution in [2.24, 2.45) is 5.73 Å². The van der Waals surface area contributed by atoms with Gasteiger partial charge in [-0.15, -0.1) is 11.3 Å². The number of urea groups is 1. The molecule has 21 heavy (non-hydrogen) atoms. The van der Waals surface area contributed by atoms with Gasteiger partial charge in [0.2, 0.25) is 5.91 Å². The predicted molar refractivity (Wildman–Crippen MR) is 79.1 cm³/mol. The van der Waals surface area contributed by atoms with Gasteiger partial charge in [-0.2, -0.15) is 0 Å². The topological polar surface area (TPSA) is 122 Å². The highest BCUT2D eigenvalue weighted by Crippen LogP contribution is 2.26. The number of thiophene rings is 1. The van der Waals surface area contributed by atoms with Crippen LogP contribution in [0.25, 0.3) is 0 Å². The van der Waals surface area contributed by atoms with Crippen LogP contribution < -0.4 is 16.4 Å². The summed E-state index contributed by atoms with van der Waals surface area (Å²) in [4.78, 5) is 34.5. The zero-order chi connectivity index (χ0) is 16.0. The lowest BCUT2D eigenvalue weighted by Gasteiger charge is -2.24. The van der Waals surface area contributed by atoms with Crippen molar-refractivity contribution in [3.05, 3.63) is 22.4 Å². The van der Waals surface area contributed by atoms with E-state index in [1.54, 1.807) is 11.3 Å². The maximum atomic E-state index is 11.7. The van der Waals surface area contributed by atoms with Crippen molar-refractivity contribution in [3.63, 3.8) is 0 Å². The molecule has 0 saturated heterocycles. The summed E-state index contributed by atoms with van der Waals surface area (Å²) in [7, 11) is 0. The molecule has 0 aromatic carbocycles. The SMILES string of the molecule is CC(C)(CNC(=O)N[C@H](CC(N)=O)C(=O)O)c1cccs1. The molecule has 116 valence electrons. The van der Waals surface area contributed by atoms with E-state index >= 15 is 0 Å². The van der Waals surface area contributed by atoms with Crippen molar-refractivity contribution >= 4 is 29.2 Å². The second kappa shape index (κ2) is 7.07. The maximum Gasteiger partial charge on any atom is 0.326 e. The molecule has 3 amide bonds. The summed E-state index contributed by atoms with van der Waals surface area (Å²) in [5.41, 5.74) is 4.67. The van der Waals surface area contributed by atoms with E-state index in [9.17, 15) is 14.4 Å². The summed E-state index contributed by atoms with van der Waals surface area (Å²) < 4.78 is 0. The van der Waals surface area contributed by atoms with E-state index in [4.69, 9.17) is 10.8 Å². The minimum atomic E-state index is -1.33. The Labute approximate surface area is 126 Å². The fraction of sp³-hybridized carbons (Fsp3) is 0.462. The molecule has 0 aliphatic heterocycles. The molecule has 0 unspecified atom stereocenters. The Morgan fingerprint density at radius 1 is 1.43 bits per heavy atom. The molecule has 7 nitrogen and oxygen atoms in total. The number of carbonyl (C=O) groups excluding carboxylic acids is 2. The summed E-state index contributed by atoms with van der Waals surface area (Å²) in [6.07, 6.45) is -0.447. The molecule has 1 heterocycles. The van der Waals surface area contributed by atoms with Crippen molar-refractivity contribution in [1.29, 1.82) is 0 Å². The summed E-state index contributed by atoms with van der Waals surface area (Å²) in [5, 5.41) is 15.7. The third-order valence-electron chi connectivity index (χ3n) is 2.89. The van der Waals surface area contributed by atoms with Crippen LogP contribution in [0.3, 0.4) is 0 Å². The Morgan fingerprint density at radius 3 is 2.57 bits per heavy atom. The standard InChI is InChI=1S/C13H19N3O4S/c1-13(2,9-4-3-5-21-9)7-15-12(20)16-8(11(18)19)6-10(14)17/h3-5,8H,6-7H2,1-2H3,(H2,14,17)(H,18,19)(H2,15,16,20)/t8-/m1/s1. The quantitative estimate of drug-likeness (QED) is 0.590. The first-order valence-corrected chi connectivity index (χ1v) is 7.20. The minimum absolute atomic E-state index is 0.270. The zero-order valence-corrected chi connectivity index (χ0v) is 12.7. The summed E-state index contributed by atoms with van der Waals surface area (Å²) >= 11 is 1.58. The molecule has 1 aromatic rings. The van der Waals surface area contributed by atoms with E-state index < -0.39 is 30.4 Å². The van der Waals surface area contributed by atoms with E-state index in [2.05, 4.69) is 10.6 Å². The number of carboxylic acid groups (broad SMARTS) is 1. The average molecular weight is 313 g/mol. The van der Waals surface area contributed by atoms with Gasteiger partial charge in [0.1, 0.15) is 6.04 Å². The highest BCUT2D eigenvalue weighted by atomic mass is 32.1. The number of hydrogen-bond acceptors (Lipinski definition) is 4. The van der Waals surface area contributed by atoms with Gasteiger partial charge in [-0.25, -0.2) is 9.59 Å². The van der Waals surface area contributed by atoms with Crippen LogP contribution in [0.1, 0.15) is 25.1 Å². The Kier molecular flexibility index (Phi) is 5.71. The van der Waals surface area contributed by atoms with Gasteiger partial charge in [0.15, 0.2) is 0 Å². The second-order valence-corrected chi connectivity index (χ2v) is 6.20. The van der Waals surface area contributed by atoms with E-state index in [0.29, 0.717) is 6.54 Å². The van der Waals surface area contributed by atoms with Crippen molar-refractivity contribution in [1.82, 2.24) is 10.6 Å². The van der Waals surface area contributed by atoms with E-state index in [-0.39, 0.29) is 5.41 Å². The van der Waals surface area contributed by atoms with Crippen LogP contribution in [0, 0.1) is 0 Å². The number of carboxylic acids is 1. The smallest absolute Gasteiger partial charge is 0.326 e. The van der Waals surface area contributed by atoms with Crippen LogP contribution in [-0.4, -0.2) is 35.6 Å². The molecular weight excluding hydrogens is 294 g/mol. The molecule has 0 aliphatic carbocycles. The molecule has 1 rings (SSSR count). The lowest BCUT2D eigenvalue weighted by Crippen LogP contribution is -2.49. The highest BCUT2D eigenvalue weighted by Gasteiger charge is 2.25. The molecular formula is C13H19N3O4S. The van der Waals surface area contributed by atoms with Gasteiger partial charge in [-0.1, -0.05) is 19.9 Å². The summed E-state index contributed by atoms with van der Waals surface area (Å²) in [6.45, 7) is 4.27. The highest BCUT2D eigenvalue weighted by molar-refractivity contribution is 7.10. The van der Waals surface area contributed by atoms with Crippen LogP contribution in [0.2, 0.25) is 0 Å². The predicted octanol–water partition coefficient (Wildman–Crippen LogP) is 0.654. The number of nitrogens with two attached hydrogens (primary N) is 1. The molecule has 5 N–H and O–H groups in total. The lowest BCUT2D eigenvalue weighted by molar-refractivity contribution is -0.140. The van der Waals surface area contributed by atoms with Crippen molar-refractivity contribution < 1.29 is 19.5 Å². The van der Waals surface area contributed by atoms with Crippen LogP contribution >= 0.6 is 11.3 Å². The number of aliphatic carboxylic acids is 1. The maximum absolute atomic E-state index is 11.7. The van der Waals surface area contributed by atoms with Crippen LogP contribution in [0.4, 0.5) is 4.79 Å². The van der Waals surface area contributed by atoms with Gasteiger partial charge in [-0.3, -0.25) is 4.79 Å². The molecule has 0 fully saturated rings. The minimum Gasteiger partial charge on any atom is -0.480 e. The van der Waals surface area contributed by atoms with Gasteiger partial charge in [0, 0.05) is 16.8 Å². The van der Waals surface area contributed by atoms with Gasteiger partial charge >= 0.3 is 12.0 Å². The van der Waals surface area contributed by atoms with E-state index in [1.165, 1.54) is 0 Å². The Bertz CT molecular complexity index is 513. The largest absolute Gasteiger partial charge is 0.480 e. The number of primary amides is 1. The Hall–Kier alpha value is -2.09. The van der Waals surface area contributed by atoms with Gasteiger partial charge in [-0.05, 0) is 11.4 Å². The molecule has 0 spiro atoms. The first-order valence-electron chi connectivity index (χ1n) is 6.32. The molecule has 0 radical (unpaired) electrons. The molecule has 0 aliphatic rings. The normalized spacial score (nSPS) is 12.5. The monoisotopic (exact) mass is 313 g/mol. The Balaban J connectivity index is 2.53. The van der Waals surface area contributed by atoms with Gasteiger partial charge < -0.3 is 21.5 Å². The number of amides is 3. The molecule has 1 atom stereocenters. The number of carbonyl (C=O) groups is 3. The van der Waals surface area contributed by atoms with Gasteiger partial charge in [0.05, 0.1) is 6.42 Å². The molecule has 8 heteroatoms. The zero-order valence-electron chi connectivity index (χ0n) is 11.9. The van der Waals surface area contributed by atoms with Crippen molar-refractivity contribution in [2.75, 3.05) is 6.54 Å². The fourth-order valence-corrected chi connectivity index (χ4v) is 2.51. The fourth-order valence-electron chi connectivity index (χ4n) is 1.66. The average Bonchev–Trinajstić information content (AvgIpc) is 2.89. The van der Waals surface area contributed by atoms with Gasteiger partial charge in [0.25, 0.3) is 0 Å². The number of hydrogen-bond donors (Lipinski definition) is 4. The molecule has 0 bridgehead atoms. The van der Waals surface area contributed by atoms with E-state index in [0.717, 1.165) is 4.88 Å².